The molecule has 1 amide bonds. The van der Waals surface area contributed by atoms with E-state index in [1.807, 2.05) is 0 Å². The van der Waals surface area contributed by atoms with Crippen LogP contribution in [0.5, 0.6) is 17.4 Å². The molecule has 7 nitrogen and oxygen atoms in total. The lowest BCUT2D eigenvalue weighted by molar-refractivity contribution is -0.127. The van der Waals surface area contributed by atoms with E-state index in [1.54, 1.807) is 24.3 Å². The van der Waals surface area contributed by atoms with Crippen molar-refractivity contribution in [3.05, 3.63) is 48.3 Å². The van der Waals surface area contributed by atoms with Crippen molar-refractivity contribution in [1.82, 2.24) is 4.98 Å². The maximum absolute atomic E-state index is 13.4. The molecular formula is C17H12FN3O4. The van der Waals surface area contributed by atoms with Gasteiger partial charge in [-0.1, -0.05) is 12.1 Å². The van der Waals surface area contributed by atoms with E-state index in [2.05, 4.69) is 15.2 Å². The number of ether oxygens (including phenoxy) is 2. The Morgan fingerprint density at radius 2 is 2.04 bits per heavy atom. The number of fused-ring (bicyclic) bond motifs is 2. The molecule has 3 aromatic rings. The number of halogens is 1. The SMILES string of the molecule is O=C(N=Nc1c(O)[nH]c2ccc(F)cc12)C1COc2ccccc2O1. The summed E-state index contributed by atoms with van der Waals surface area (Å²) >= 11 is 0. The molecule has 0 aliphatic carbocycles. The van der Waals surface area contributed by atoms with Crippen molar-refractivity contribution in [1.29, 1.82) is 0 Å². The van der Waals surface area contributed by atoms with Crippen LogP contribution in [-0.4, -0.2) is 28.7 Å². The summed E-state index contributed by atoms with van der Waals surface area (Å²) in [4.78, 5) is 14.8. The Bertz CT molecular complexity index is 999. The van der Waals surface area contributed by atoms with Crippen LogP contribution in [-0.2, 0) is 4.79 Å². The fourth-order valence-electron chi connectivity index (χ4n) is 2.54. The van der Waals surface area contributed by atoms with Crippen LogP contribution in [0.2, 0.25) is 0 Å². The highest BCUT2D eigenvalue weighted by Gasteiger charge is 2.27. The van der Waals surface area contributed by atoms with Gasteiger partial charge in [0, 0.05) is 5.39 Å². The van der Waals surface area contributed by atoms with E-state index in [-0.39, 0.29) is 18.2 Å². The number of nitrogens with zero attached hydrogens (tertiary/aromatic N) is 2. The second-order valence-corrected chi connectivity index (χ2v) is 5.41. The first-order chi connectivity index (χ1) is 12.1. The smallest absolute Gasteiger partial charge is 0.308 e. The van der Waals surface area contributed by atoms with Gasteiger partial charge in [-0.05, 0) is 30.3 Å². The average molecular weight is 341 g/mol. The van der Waals surface area contributed by atoms with Crippen molar-refractivity contribution < 1.29 is 23.8 Å². The summed E-state index contributed by atoms with van der Waals surface area (Å²) in [5, 5.41) is 17.5. The molecule has 0 bridgehead atoms. The Morgan fingerprint density at radius 3 is 2.88 bits per heavy atom. The van der Waals surface area contributed by atoms with Gasteiger partial charge in [0.2, 0.25) is 12.0 Å². The van der Waals surface area contributed by atoms with E-state index >= 15 is 0 Å². The van der Waals surface area contributed by atoms with E-state index in [0.717, 1.165) is 0 Å². The number of H-pyrrole nitrogens is 1. The molecule has 1 aromatic heterocycles. The lowest BCUT2D eigenvalue weighted by Gasteiger charge is -2.23. The van der Waals surface area contributed by atoms with Gasteiger partial charge in [0.05, 0.1) is 5.52 Å². The van der Waals surface area contributed by atoms with Crippen LogP contribution >= 0.6 is 0 Å². The second-order valence-electron chi connectivity index (χ2n) is 5.41. The minimum absolute atomic E-state index is 0.00333. The zero-order valence-electron chi connectivity index (χ0n) is 12.8. The molecule has 25 heavy (non-hydrogen) atoms. The molecule has 1 unspecified atom stereocenters. The minimum atomic E-state index is -0.942. The Morgan fingerprint density at radius 1 is 1.24 bits per heavy atom. The minimum Gasteiger partial charge on any atom is -0.493 e. The normalized spacial score (nSPS) is 16.4. The fraction of sp³-hybridized carbons (Fsp3) is 0.118. The Kier molecular flexibility index (Phi) is 3.57. The lowest BCUT2D eigenvalue weighted by Crippen LogP contribution is -2.35. The van der Waals surface area contributed by atoms with Gasteiger partial charge in [0.25, 0.3) is 0 Å². The number of hydrogen-bond donors (Lipinski definition) is 2. The third-order valence-corrected chi connectivity index (χ3v) is 3.75. The van der Waals surface area contributed by atoms with Crippen LogP contribution in [0, 0.1) is 5.82 Å². The largest absolute Gasteiger partial charge is 0.493 e. The van der Waals surface area contributed by atoms with Crippen molar-refractivity contribution in [3.8, 4) is 17.4 Å². The molecule has 1 atom stereocenters. The summed E-state index contributed by atoms with van der Waals surface area (Å²) in [7, 11) is 0. The molecule has 1 aliphatic heterocycles. The first-order valence-corrected chi connectivity index (χ1v) is 7.46. The van der Waals surface area contributed by atoms with Crippen LogP contribution < -0.4 is 9.47 Å². The lowest BCUT2D eigenvalue weighted by atomic mass is 10.2. The van der Waals surface area contributed by atoms with Gasteiger partial charge in [-0.15, -0.1) is 10.2 Å². The molecule has 2 N–H and O–H groups in total. The van der Waals surface area contributed by atoms with Gasteiger partial charge in [0.1, 0.15) is 12.4 Å². The summed E-state index contributed by atoms with van der Waals surface area (Å²) in [5.74, 6) is -0.467. The molecule has 0 saturated heterocycles. The third-order valence-electron chi connectivity index (χ3n) is 3.75. The van der Waals surface area contributed by atoms with Crippen LogP contribution in [0.15, 0.2) is 52.7 Å². The second kappa shape index (κ2) is 5.90. The standard InChI is InChI=1S/C17H12FN3O4/c18-9-5-6-11-10(7-9)15(17(23)19-11)20-21-16(22)14-8-24-12-3-1-2-4-13(12)25-14/h1-7,14,19,23H,8H2. The topological polar surface area (TPSA) is 96.3 Å². The summed E-state index contributed by atoms with van der Waals surface area (Å²) < 4.78 is 24.4. The number of aromatic hydroxyl groups is 1. The first-order valence-electron chi connectivity index (χ1n) is 7.46. The highest BCUT2D eigenvalue weighted by Crippen LogP contribution is 2.36. The van der Waals surface area contributed by atoms with E-state index in [0.29, 0.717) is 22.4 Å². The molecule has 1 aliphatic rings. The zero-order chi connectivity index (χ0) is 17.4. The highest BCUT2D eigenvalue weighted by molar-refractivity contribution is 5.94. The number of amides is 1. The zero-order valence-corrected chi connectivity index (χ0v) is 12.8. The predicted octanol–water partition coefficient (Wildman–Crippen LogP) is 3.46. The quantitative estimate of drug-likeness (QED) is 0.698. The molecule has 2 heterocycles. The number of hydrogen-bond acceptors (Lipinski definition) is 5. The van der Waals surface area contributed by atoms with Gasteiger partial charge >= 0.3 is 5.91 Å². The third kappa shape index (κ3) is 2.78. The van der Waals surface area contributed by atoms with Crippen molar-refractivity contribution >= 4 is 22.5 Å². The number of aromatic nitrogens is 1. The maximum Gasteiger partial charge on any atom is 0.308 e. The number of azo groups is 1. The van der Waals surface area contributed by atoms with E-state index < -0.39 is 17.8 Å². The van der Waals surface area contributed by atoms with Gasteiger partial charge in [-0.2, -0.15) is 0 Å². The fourth-order valence-corrected chi connectivity index (χ4v) is 2.54. The molecule has 4 rings (SSSR count). The molecule has 0 radical (unpaired) electrons. The first kappa shape index (κ1) is 15.1. The van der Waals surface area contributed by atoms with Crippen LogP contribution in [0.3, 0.4) is 0 Å². The Hall–Kier alpha value is -3.42. The summed E-state index contributed by atoms with van der Waals surface area (Å²) in [6.45, 7) is 0.00333. The monoisotopic (exact) mass is 341 g/mol. The van der Waals surface area contributed by atoms with Gasteiger partial charge in [0.15, 0.2) is 17.2 Å². The van der Waals surface area contributed by atoms with Gasteiger partial charge in [-0.3, -0.25) is 4.79 Å². The molecule has 0 saturated carbocycles. The highest BCUT2D eigenvalue weighted by atomic mass is 19.1. The van der Waals surface area contributed by atoms with Gasteiger partial charge in [-0.25, -0.2) is 4.39 Å². The summed E-state index contributed by atoms with van der Waals surface area (Å²) in [6.07, 6.45) is -0.942. The van der Waals surface area contributed by atoms with E-state index in [4.69, 9.17) is 9.47 Å². The molecule has 0 spiro atoms. The van der Waals surface area contributed by atoms with E-state index in [1.165, 1.54) is 18.2 Å². The van der Waals surface area contributed by atoms with Crippen molar-refractivity contribution in [2.24, 2.45) is 10.2 Å². The number of carbonyl (C=O) groups excluding carboxylic acids is 1. The predicted molar refractivity (Wildman–Crippen MR) is 85.8 cm³/mol. The van der Waals surface area contributed by atoms with Gasteiger partial charge < -0.3 is 19.6 Å². The number of para-hydroxylation sites is 2. The molecule has 2 aromatic carbocycles. The van der Waals surface area contributed by atoms with Crippen molar-refractivity contribution in [2.45, 2.75) is 6.10 Å². The van der Waals surface area contributed by atoms with E-state index in [9.17, 15) is 14.3 Å². The molecular weight excluding hydrogens is 329 g/mol. The summed E-state index contributed by atoms with van der Waals surface area (Å²) in [5.41, 5.74) is 0.464. The molecule has 8 heteroatoms. The van der Waals surface area contributed by atoms with Crippen LogP contribution in [0.4, 0.5) is 10.1 Å². The number of benzene rings is 2. The molecule has 0 fully saturated rings. The van der Waals surface area contributed by atoms with Crippen LogP contribution in [0.25, 0.3) is 10.9 Å². The summed E-state index contributed by atoms with van der Waals surface area (Å²) in [6, 6.07) is 10.9. The van der Waals surface area contributed by atoms with Crippen molar-refractivity contribution in [3.63, 3.8) is 0 Å². The Labute approximate surface area is 140 Å². The maximum atomic E-state index is 13.4. The number of carbonyl (C=O) groups is 1. The number of nitrogens with one attached hydrogen (secondary N) is 1. The average Bonchev–Trinajstić information content (AvgIpc) is 2.93. The number of aromatic amines is 1. The van der Waals surface area contributed by atoms with Crippen molar-refractivity contribution in [2.75, 3.05) is 6.61 Å². The Balaban J connectivity index is 1.57. The number of rotatable bonds is 2. The van der Waals surface area contributed by atoms with Crippen LogP contribution in [0.1, 0.15) is 0 Å². The molecule has 126 valence electrons.